The molecule has 2 fully saturated rings. The molecule has 2 heterocycles. The van der Waals surface area contributed by atoms with Crippen LogP contribution in [0.1, 0.15) is 104 Å². The Morgan fingerprint density at radius 3 is 1.68 bits per heavy atom. The van der Waals surface area contributed by atoms with Crippen LogP contribution in [0.2, 0.25) is 0 Å². The molecule has 44 heavy (non-hydrogen) atoms. The number of aryl methyl sites for hydroxylation is 2. The first-order chi connectivity index (χ1) is 21.0. The van der Waals surface area contributed by atoms with Gasteiger partial charge in [0.15, 0.2) is 0 Å². The fourth-order valence-electron chi connectivity index (χ4n) is 5.88. The second-order valence-electron chi connectivity index (χ2n) is 13.8. The van der Waals surface area contributed by atoms with Gasteiger partial charge >= 0.3 is 0 Å². The predicted molar refractivity (Wildman–Crippen MR) is 174 cm³/mol. The lowest BCUT2D eigenvalue weighted by Crippen LogP contribution is -2.49. The summed E-state index contributed by atoms with van der Waals surface area (Å²) < 4.78 is 12.0. The number of hydrogen-bond donors (Lipinski definition) is 2. The van der Waals surface area contributed by atoms with Crippen LogP contribution in [-0.2, 0) is 22.4 Å². The van der Waals surface area contributed by atoms with Gasteiger partial charge in [-0.1, -0.05) is 46.8 Å². The highest BCUT2D eigenvalue weighted by molar-refractivity contribution is 5.81. The van der Waals surface area contributed by atoms with Gasteiger partial charge in [-0.15, -0.1) is 0 Å². The molecule has 2 aromatic rings. The van der Waals surface area contributed by atoms with Gasteiger partial charge in [-0.3, -0.25) is 9.59 Å². The van der Waals surface area contributed by atoms with E-state index < -0.39 is 0 Å². The zero-order valence-electron chi connectivity index (χ0n) is 27.7. The third-order valence-corrected chi connectivity index (χ3v) is 9.00. The quantitative estimate of drug-likeness (QED) is 0.199. The SMILES string of the molecule is CC(C)N[C@H]1C[C@@H](Oc2ccc(CCC(=O)C(C)CCC(C)N[C@H]3C[C@H](Oc4ccc(CCC(=O)C(C)C)cn4)C3)cn2)C1. The second-order valence-corrected chi connectivity index (χ2v) is 13.8. The Labute approximate surface area is 264 Å². The molecule has 2 N–H and O–H groups in total. The molecule has 0 radical (unpaired) electrons. The Balaban J connectivity index is 1.05. The van der Waals surface area contributed by atoms with E-state index in [1.54, 1.807) is 0 Å². The summed E-state index contributed by atoms with van der Waals surface area (Å²) in [7, 11) is 0. The average Bonchev–Trinajstić information content (AvgIpc) is 2.96. The molecule has 2 atom stereocenters. The number of nitrogens with one attached hydrogen (secondary N) is 2. The van der Waals surface area contributed by atoms with E-state index in [1.807, 2.05) is 50.5 Å². The van der Waals surface area contributed by atoms with E-state index in [4.69, 9.17) is 9.47 Å². The predicted octanol–water partition coefficient (Wildman–Crippen LogP) is 6.05. The van der Waals surface area contributed by atoms with Gasteiger partial charge < -0.3 is 20.1 Å². The molecule has 0 spiro atoms. The Morgan fingerprint density at radius 1 is 0.727 bits per heavy atom. The first kappa shape index (κ1) is 34.0. The third kappa shape index (κ3) is 11.0. The van der Waals surface area contributed by atoms with Crippen molar-refractivity contribution >= 4 is 11.6 Å². The van der Waals surface area contributed by atoms with Crippen LogP contribution in [0.15, 0.2) is 36.7 Å². The van der Waals surface area contributed by atoms with Crippen molar-refractivity contribution in [3.8, 4) is 11.8 Å². The maximum absolute atomic E-state index is 12.8. The lowest BCUT2D eigenvalue weighted by Gasteiger charge is -2.37. The fraction of sp³-hybridized carbons (Fsp3) is 0.667. The van der Waals surface area contributed by atoms with Crippen molar-refractivity contribution in [2.24, 2.45) is 11.8 Å². The van der Waals surface area contributed by atoms with Crippen LogP contribution in [0.4, 0.5) is 0 Å². The summed E-state index contributed by atoms with van der Waals surface area (Å²) in [5.74, 6) is 2.05. The highest BCUT2D eigenvalue weighted by Crippen LogP contribution is 2.27. The van der Waals surface area contributed by atoms with Crippen LogP contribution in [0.5, 0.6) is 11.8 Å². The number of carbonyl (C=O) groups is 2. The minimum Gasteiger partial charge on any atom is -0.474 e. The topological polar surface area (TPSA) is 102 Å². The molecule has 2 saturated carbocycles. The van der Waals surface area contributed by atoms with Crippen LogP contribution in [0, 0.1) is 11.8 Å². The molecule has 2 unspecified atom stereocenters. The van der Waals surface area contributed by atoms with Gasteiger partial charge in [0.05, 0.1) is 0 Å². The third-order valence-electron chi connectivity index (χ3n) is 9.00. The first-order valence-corrected chi connectivity index (χ1v) is 16.8. The summed E-state index contributed by atoms with van der Waals surface area (Å²) in [5.41, 5.74) is 2.14. The molecule has 4 rings (SSSR count). The number of Topliss-reactive ketones (excluding diaryl/α,β-unsaturated/α-hetero) is 2. The molecule has 0 saturated heterocycles. The molecular formula is C36H54N4O4. The standard InChI is InChI=1S/C36H54N4O4/c1-23(2)33(41)13-9-27-11-15-36(37-21-27)44-32-19-30(20-32)40-26(6)8-7-25(5)34(42)14-10-28-12-16-35(38-22-28)43-31-17-29(18-31)39-24(3)4/h11-12,15-16,21-26,29-32,39-40H,7-10,13-14,17-20H2,1-6H3/t25?,26?,29-,30-,31+,32-. The van der Waals surface area contributed by atoms with Crippen molar-refractivity contribution in [2.75, 3.05) is 0 Å². The molecule has 2 aliphatic carbocycles. The molecule has 0 amide bonds. The Bertz CT molecular complexity index is 1170. The van der Waals surface area contributed by atoms with Gasteiger partial charge in [-0.05, 0) is 69.4 Å². The van der Waals surface area contributed by atoms with Gasteiger partial charge in [-0.25, -0.2) is 9.97 Å². The van der Waals surface area contributed by atoms with Crippen LogP contribution in [0.3, 0.4) is 0 Å². The Morgan fingerprint density at radius 2 is 1.23 bits per heavy atom. The van der Waals surface area contributed by atoms with E-state index in [0.29, 0.717) is 61.0 Å². The second kappa shape index (κ2) is 16.5. The van der Waals surface area contributed by atoms with Crippen molar-refractivity contribution in [2.45, 2.75) is 142 Å². The van der Waals surface area contributed by atoms with E-state index in [2.05, 4.69) is 48.3 Å². The maximum atomic E-state index is 12.8. The van der Waals surface area contributed by atoms with Crippen molar-refractivity contribution < 1.29 is 19.1 Å². The summed E-state index contributed by atoms with van der Waals surface area (Å²) in [6.45, 7) is 12.5. The van der Waals surface area contributed by atoms with Crippen molar-refractivity contribution in [3.63, 3.8) is 0 Å². The van der Waals surface area contributed by atoms with E-state index in [-0.39, 0.29) is 29.8 Å². The molecule has 0 bridgehead atoms. The normalized spacial score (nSPS) is 22.6. The summed E-state index contributed by atoms with van der Waals surface area (Å²) >= 11 is 0. The lowest BCUT2D eigenvalue weighted by molar-refractivity contribution is -0.123. The Hall–Kier alpha value is -2.84. The van der Waals surface area contributed by atoms with Crippen LogP contribution >= 0.6 is 0 Å². The number of pyridine rings is 2. The smallest absolute Gasteiger partial charge is 0.213 e. The van der Waals surface area contributed by atoms with Crippen LogP contribution in [0.25, 0.3) is 0 Å². The van der Waals surface area contributed by atoms with Gasteiger partial charge in [0.2, 0.25) is 11.8 Å². The summed E-state index contributed by atoms with van der Waals surface area (Å²) in [5, 5.41) is 7.24. The number of ketones is 2. The molecule has 2 aromatic heterocycles. The van der Waals surface area contributed by atoms with E-state index in [9.17, 15) is 9.59 Å². The summed E-state index contributed by atoms with van der Waals surface area (Å²) in [4.78, 5) is 33.6. The molecule has 8 heteroatoms. The Kier molecular flexibility index (Phi) is 12.7. The number of hydrogen-bond acceptors (Lipinski definition) is 8. The highest BCUT2D eigenvalue weighted by Gasteiger charge is 2.32. The van der Waals surface area contributed by atoms with E-state index >= 15 is 0 Å². The molecule has 8 nitrogen and oxygen atoms in total. The average molecular weight is 607 g/mol. The lowest BCUT2D eigenvalue weighted by atomic mass is 9.88. The first-order valence-electron chi connectivity index (χ1n) is 16.8. The van der Waals surface area contributed by atoms with Crippen LogP contribution < -0.4 is 20.1 Å². The van der Waals surface area contributed by atoms with Gasteiger partial charge in [-0.2, -0.15) is 0 Å². The molecule has 242 valence electrons. The minimum absolute atomic E-state index is 0.0517. The van der Waals surface area contributed by atoms with Crippen molar-refractivity contribution in [1.29, 1.82) is 0 Å². The molecule has 2 aliphatic rings. The number of carbonyl (C=O) groups excluding carboxylic acids is 2. The summed E-state index contributed by atoms with van der Waals surface area (Å²) in [6.07, 6.45) is 12.4. The monoisotopic (exact) mass is 606 g/mol. The zero-order chi connectivity index (χ0) is 31.6. The minimum atomic E-state index is 0.0517. The number of rotatable bonds is 19. The largest absolute Gasteiger partial charge is 0.474 e. The number of ether oxygens (including phenoxy) is 2. The number of aromatic nitrogens is 2. The molecule has 0 aromatic carbocycles. The van der Waals surface area contributed by atoms with E-state index in [0.717, 1.165) is 56.1 Å². The van der Waals surface area contributed by atoms with E-state index in [1.165, 1.54) is 0 Å². The van der Waals surface area contributed by atoms with Crippen LogP contribution in [-0.4, -0.2) is 57.9 Å². The van der Waals surface area contributed by atoms with Crippen molar-refractivity contribution in [3.05, 3.63) is 47.8 Å². The molecular weight excluding hydrogens is 552 g/mol. The highest BCUT2D eigenvalue weighted by atomic mass is 16.5. The molecule has 0 aliphatic heterocycles. The van der Waals surface area contributed by atoms with Gasteiger partial charge in [0.1, 0.15) is 23.8 Å². The zero-order valence-corrected chi connectivity index (χ0v) is 27.7. The van der Waals surface area contributed by atoms with Crippen molar-refractivity contribution in [1.82, 2.24) is 20.6 Å². The maximum Gasteiger partial charge on any atom is 0.213 e. The van der Waals surface area contributed by atoms with Gasteiger partial charge in [0.25, 0.3) is 0 Å². The summed E-state index contributed by atoms with van der Waals surface area (Å²) in [6, 6.07) is 9.72. The van der Waals surface area contributed by atoms with Gasteiger partial charge in [0, 0.05) is 73.4 Å². The fourth-order valence-corrected chi connectivity index (χ4v) is 5.88. The number of nitrogens with zero attached hydrogens (tertiary/aromatic N) is 2.